The summed E-state index contributed by atoms with van der Waals surface area (Å²) in [5.41, 5.74) is 0. The highest BCUT2D eigenvalue weighted by Gasteiger charge is 2.17. The van der Waals surface area contributed by atoms with Gasteiger partial charge in [0.1, 0.15) is 0 Å². The van der Waals surface area contributed by atoms with Gasteiger partial charge in [0.05, 0.1) is 18.8 Å². The van der Waals surface area contributed by atoms with E-state index >= 15 is 0 Å². The van der Waals surface area contributed by atoms with Gasteiger partial charge in [-0.15, -0.1) is 0 Å². The molecule has 0 rings (SSSR count). The number of unbranched alkanes of at least 4 members (excludes halogenated alkanes) is 32. The maximum atomic E-state index is 12.4. The molecule has 0 aliphatic rings. The summed E-state index contributed by atoms with van der Waals surface area (Å²) < 4.78 is 0. The normalized spacial score (nSPS) is 13.4. The van der Waals surface area contributed by atoms with Gasteiger partial charge < -0.3 is 15.5 Å². The van der Waals surface area contributed by atoms with Gasteiger partial charge in [0.15, 0.2) is 0 Å². The molecule has 2 atom stereocenters. The van der Waals surface area contributed by atoms with E-state index in [0.717, 1.165) is 57.8 Å². The van der Waals surface area contributed by atoms with E-state index in [4.69, 9.17) is 0 Å². The van der Waals surface area contributed by atoms with Crippen molar-refractivity contribution in [3.05, 3.63) is 72.9 Å². The molecule has 0 radical (unpaired) electrons. The molecule has 0 aromatic heterocycles. The van der Waals surface area contributed by atoms with Crippen LogP contribution in [0.25, 0.3) is 0 Å². The Morgan fingerprint density at radius 2 is 0.677 bits per heavy atom. The maximum absolute atomic E-state index is 12.4. The summed E-state index contributed by atoms with van der Waals surface area (Å²) in [7, 11) is 0. The molecule has 0 aromatic rings. The van der Waals surface area contributed by atoms with Crippen LogP contribution in [0.4, 0.5) is 0 Å². The number of aliphatic hydroxyl groups excluding tert-OH is 2. The summed E-state index contributed by atoms with van der Waals surface area (Å²) in [6.07, 6.45) is 76.2. The van der Waals surface area contributed by atoms with Gasteiger partial charge in [0.2, 0.25) is 5.91 Å². The van der Waals surface area contributed by atoms with Gasteiger partial charge in [0.25, 0.3) is 0 Å². The first-order chi connectivity index (χ1) is 30.7. The first-order valence-electron chi connectivity index (χ1n) is 27.2. The molecule has 0 bridgehead atoms. The zero-order valence-electron chi connectivity index (χ0n) is 41.4. The van der Waals surface area contributed by atoms with E-state index < -0.39 is 12.1 Å². The predicted molar refractivity (Wildman–Crippen MR) is 276 cm³/mol. The standard InChI is InChI=1S/C58H105NO3/c1-3-5-7-9-11-13-15-17-19-21-23-25-27-28-29-30-32-33-35-37-39-41-43-45-47-49-51-53-57(61)56(55-60)59-58(62)54-52-50-48-46-44-42-40-38-36-34-31-26-24-22-20-18-16-14-12-10-8-6-4-2/h16,18,22,24,31,34-35,37,43,45,51,53,56-57,60-61H,3-15,17,19-21,23,25-30,32-33,36,38-42,44,46-50,52,54-55H2,1-2H3,(H,59,62)/b18-16-,24-22-,34-31-,37-35+,45-43+,53-51+. The molecule has 0 aliphatic carbocycles. The number of allylic oxidation sites excluding steroid dienone is 11. The van der Waals surface area contributed by atoms with Crippen molar-refractivity contribution in [2.45, 2.75) is 283 Å². The van der Waals surface area contributed by atoms with Crippen LogP contribution in [0.1, 0.15) is 271 Å². The van der Waals surface area contributed by atoms with E-state index in [9.17, 15) is 15.0 Å². The number of nitrogens with one attached hydrogen (secondary N) is 1. The minimum atomic E-state index is -0.878. The molecule has 3 N–H and O–H groups in total. The molecule has 62 heavy (non-hydrogen) atoms. The number of hydrogen-bond donors (Lipinski definition) is 3. The molecule has 2 unspecified atom stereocenters. The lowest BCUT2D eigenvalue weighted by molar-refractivity contribution is -0.123. The fourth-order valence-corrected chi connectivity index (χ4v) is 7.98. The van der Waals surface area contributed by atoms with Crippen molar-refractivity contribution in [3.63, 3.8) is 0 Å². The number of carbonyl (C=O) groups is 1. The van der Waals surface area contributed by atoms with Gasteiger partial charge in [0, 0.05) is 6.42 Å². The third-order valence-electron chi connectivity index (χ3n) is 12.1. The van der Waals surface area contributed by atoms with E-state index in [1.165, 1.54) is 193 Å². The van der Waals surface area contributed by atoms with E-state index in [1.54, 1.807) is 6.08 Å². The number of hydrogen-bond acceptors (Lipinski definition) is 3. The van der Waals surface area contributed by atoms with Crippen LogP contribution >= 0.6 is 0 Å². The Morgan fingerprint density at radius 1 is 0.387 bits per heavy atom. The monoisotopic (exact) mass is 864 g/mol. The van der Waals surface area contributed by atoms with Gasteiger partial charge in [-0.1, -0.05) is 254 Å². The zero-order chi connectivity index (χ0) is 44.9. The summed E-state index contributed by atoms with van der Waals surface area (Å²) in [5, 5.41) is 23.1. The van der Waals surface area contributed by atoms with Crippen molar-refractivity contribution >= 4 is 5.91 Å². The highest BCUT2D eigenvalue weighted by atomic mass is 16.3. The van der Waals surface area contributed by atoms with Crippen LogP contribution in [0, 0.1) is 0 Å². The molecule has 0 saturated heterocycles. The fraction of sp³-hybridized carbons (Fsp3) is 0.776. The van der Waals surface area contributed by atoms with Crippen LogP contribution in [-0.4, -0.2) is 34.9 Å². The third kappa shape index (κ3) is 48.9. The highest BCUT2D eigenvalue weighted by Crippen LogP contribution is 2.15. The Balaban J connectivity index is 3.61. The van der Waals surface area contributed by atoms with Crippen molar-refractivity contribution in [1.29, 1.82) is 0 Å². The first kappa shape index (κ1) is 59.8. The molecule has 0 saturated carbocycles. The minimum absolute atomic E-state index is 0.0856. The Kier molecular flexibility index (Phi) is 51.3. The molecule has 0 fully saturated rings. The van der Waals surface area contributed by atoms with Gasteiger partial charge in [-0.2, -0.15) is 0 Å². The highest BCUT2D eigenvalue weighted by molar-refractivity contribution is 5.76. The molecule has 0 aromatic carbocycles. The van der Waals surface area contributed by atoms with Crippen LogP contribution in [-0.2, 0) is 4.79 Å². The van der Waals surface area contributed by atoms with Crippen LogP contribution in [0.2, 0.25) is 0 Å². The van der Waals surface area contributed by atoms with Crippen molar-refractivity contribution in [3.8, 4) is 0 Å². The molecule has 0 heterocycles. The molecular weight excluding hydrogens is 759 g/mol. The topological polar surface area (TPSA) is 69.6 Å². The number of aliphatic hydroxyl groups is 2. The lowest BCUT2D eigenvalue weighted by Crippen LogP contribution is -2.45. The largest absolute Gasteiger partial charge is 0.394 e. The molecule has 360 valence electrons. The lowest BCUT2D eigenvalue weighted by Gasteiger charge is -2.19. The average Bonchev–Trinajstić information content (AvgIpc) is 3.28. The maximum Gasteiger partial charge on any atom is 0.220 e. The Bertz CT molecular complexity index is 1070. The third-order valence-corrected chi connectivity index (χ3v) is 12.1. The van der Waals surface area contributed by atoms with Crippen LogP contribution < -0.4 is 5.32 Å². The molecule has 0 spiro atoms. The van der Waals surface area contributed by atoms with Crippen molar-refractivity contribution in [2.75, 3.05) is 6.61 Å². The molecule has 4 nitrogen and oxygen atoms in total. The van der Waals surface area contributed by atoms with Crippen molar-refractivity contribution in [1.82, 2.24) is 5.32 Å². The summed E-state index contributed by atoms with van der Waals surface area (Å²) in [4.78, 5) is 12.4. The molecule has 0 aliphatic heterocycles. The van der Waals surface area contributed by atoms with E-state index in [2.05, 4.69) is 79.9 Å². The van der Waals surface area contributed by atoms with Gasteiger partial charge >= 0.3 is 0 Å². The smallest absolute Gasteiger partial charge is 0.220 e. The van der Waals surface area contributed by atoms with Crippen LogP contribution in [0.3, 0.4) is 0 Å². The number of carbonyl (C=O) groups excluding carboxylic acids is 1. The van der Waals surface area contributed by atoms with E-state index in [1.807, 2.05) is 6.08 Å². The Labute approximate surface area is 387 Å². The average molecular weight is 864 g/mol. The quantitative estimate of drug-likeness (QED) is 0.0421. The van der Waals surface area contributed by atoms with Crippen molar-refractivity contribution < 1.29 is 15.0 Å². The zero-order valence-corrected chi connectivity index (χ0v) is 41.4. The lowest BCUT2D eigenvalue weighted by atomic mass is 10.0. The fourth-order valence-electron chi connectivity index (χ4n) is 7.98. The molecule has 4 heteroatoms. The number of rotatable bonds is 49. The summed E-state index contributed by atoms with van der Waals surface area (Å²) >= 11 is 0. The SMILES string of the molecule is CCCCCCC/C=C\C/C=C\C/C=C\CCCCCCCCCCC(=O)NC(CO)C(O)/C=C/CC/C=C/CC/C=C/CCCCCCCCCCCCCCCCCCC. The minimum Gasteiger partial charge on any atom is -0.394 e. The van der Waals surface area contributed by atoms with E-state index in [-0.39, 0.29) is 12.5 Å². The van der Waals surface area contributed by atoms with Gasteiger partial charge in [-0.05, 0) is 83.5 Å². The molecular formula is C58H105NO3. The predicted octanol–water partition coefficient (Wildman–Crippen LogP) is 17.8. The van der Waals surface area contributed by atoms with Gasteiger partial charge in [-0.3, -0.25) is 4.79 Å². The van der Waals surface area contributed by atoms with Crippen LogP contribution in [0.5, 0.6) is 0 Å². The second kappa shape index (κ2) is 53.2. The first-order valence-corrected chi connectivity index (χ1v) is 27.2. The van der Waals surface area contributed by atoms with Crippen molar-refractivity contribution in [2.24, 2.45) is 0 Å². The molecule has 1 amide bonds. The summed E-state index contributed by atoms with van der Waals surface area (Å²) in [5.74, 6) is -0.0856. The van der Waals surface area contributed by atoms with E-state index in [0.29, 0.717) is 6.42 Å². The summed E-state index contributed by atoms with van der Waals surface area (Å²) in [6.45, 7) is 4.29. The van der Waals surface area contributed by atoms with Crippen LogP contribution in [0.15, 0.2) is 72.9 Å². The summed E-state index contributed by atoms with van der Waals surface area (Å²) in [6, 6.07) is -0.654. The van der Waals surface area contributed by atoms with Gasteiger partial charge in [-0.25, -0.2) is 0 Å². The number of amides is 1. The second-order valence-electron chi connectivity index (χ2n) is 18.3. The second-order valence-corrected chi connectivity index (χ2v) is 18.3. The Hall–Kier alpha value is -2.17. The Morgan fingerprint density at radius 3 is 1.05 bits per heavy atom.